The number of benzene rings is 1. The number of likely N-dealkylation sites (tertiary alicyclic amines) is 1. The molecule has 1 saturated heterocycles. The first-order valence-electron chi connectivity index (χ1n) is 11.3. The Hall–Kier alpha value is -2.37. The molecule has 1 aromatic heterocycles. The summed E-state index contributed by atoms with van der Waals surface area (Å²) in [6.45, 7) is 7.05. The van der Waals surface area contributed by atoms with E-state index in [2.05, 4.69) is 62.2 Å². The number of rotatable bonds is 6. The van der Waals surface area contributed by atoms with E-state index in [0.717, 1.165) is 69.6 Å². The molecule has 0 saturated carbocycles. The van der Waals surface area contributed by atoms with Gasteiger partial charge < -0.3 is 14.8 Å². The second kappa shape index (κ2) is 9.90. The number of hydrogen-bond donors (Lipinski definition) is 1. The molecular weight excluding hydrogens is 360 g/mol. The van der Waals surface area contributed by atoms with Crippen LogP contribution in [0, 0.1) is 5.92 Å². The van der Waals surface area contributed by atoms with Crippen molar-refractivity contribution in [2.24, 2.45) is 10.9 Å². The van der Waals surface area contributed by atoms with Crippen molar-refractivity contribution in [2.45, 2.75) is 58.4 Å². The largest absolute Gasteiger partial charge is 0.357 e. The van der Waals surface area contributed by atoms with E-state index >= 15 is 0 Å². The maximum atomic E-state index is 4.93. The van der Waals surface area contributed by atoms with Crippen molar-refractivity contribution in [1.82, 2.24) is 25.0 Å². The molecule has 4 rings (SSSR count). The summed E-state index contributed by atoms with van der Waals surface area (Å²) in [5, 5.41) is 12.4. The SMILES string of the molecule is CCNC(=NCCc1nnc2n1CCCCC2)N1CCC(Cc2ccccc2)C1. The fraction of sp³-hybridized carbons (Fsp3) is 0.609. The van der Waals surface area contributed by atoms with E-state index in [9.17, 15) is 0 Å². The van der Waals surface area contributed by atoms with Gasteiger partial charge >= 0.3 is 0 Å². The van der Waals surface area contributed by atoms with Gasteiger partial charge in [0.15, 0.2) is 5.96 Å². The van der Waals surface area contributed by atoms with Crippen LogP contribution < -0.4 is 5.32 Å². The second-order valence-corrected chi connectivity index (χ2v) is 8.27. The van der Waals surface area contributed by atoms with Crippen molar-refractivity contribution in [2.75, 3.05) is 26.2 Å². The third kappa shape index (κ3) is 5.17. The highest BCUT2D eigenvalue weighted by Gasteiger charge is 2.25. The lowest BCUT2D eigenvalue weighted by Crippen LogP contribution is -2.40. The number of hydrogen-bond acceptors (Lipinski definition) is 3. The molecule has 3 heterocycles. The van der Waals surface area contributed by atoms with Crippen LogP contribution in [0.2, 0.25) is 0 Å². The van der Waals surface area contributed by atoms with Gasteiger partial charge in [0.05, 0.1) is 0 Å². The maximum Gasteiger partial charge on any atom is 0.193 e. The van der Waals surface area contributed by atoms with Crippen molar-refractivity contribution >= 4 is 5.96 Å². The minimum atomic E-state index is 0.702. The van der Waals surface area contributed by atoms with E-state index in [4.69, 9.17) is 4.99 Å². The molecule has 1 aromatic carbocycles. The van der Waals surface area contributed by atoms with Crippen molar-refractivity contribution in [1.29, 1.82) is 0 Å². The molecule has 6 heteroatoms. The van der Waals surface area contributed by atoms with Crippen LogP contribution in [-0.2, 0) is 25.8 Å². The van der Waals surface area contributed by atoms with Gasteiger partial charge in [-0.2, -0.15) is 0 Å². The fourth-order valence-corrected chi connectivity index (χ4v) is 4.56. The lowest BCUT2D eigenvalue weighted by Gasteiger charge is -2.21. The smallest absolute Gasteiger partial charge is 0.193 e. The third-order valence-corrected chi connectivity index (χ3v) is 6.07. The van der Waals surface area contributed by atoms with Gasteiger partial charge in [-0.15, -0.1) is 10.2 Å². The van der Waals surface area contributed by atoms with Crippen molar-refractivity contribution in [3.8, 4) is 0 Å². The standard InChI is InChI=1S/C23H34N6/c1-2-24-23(28-16-13-20(18-28)17-19-9-5-3-6-10-19)25-14-12-22-27-26-21-11-7-4-8-15-29(21)22/h3,5-6,9-10,20H,2,4,7-8,11-18H2,1H3,(H,24,25). The van der Waals surface area contributed by atoms with Crippen LogP contribution in [0.15, 0.2) is 35.3 Å². The predicted molar refractivity (Wildman–Crippen MR) is 117 cm³/mol. The fourth-order valence-electron chi connectivity index (χ4n) is 4.56. The first-order chi connectivity index (χ1) is 14.3. The number of guanidine groups is 1. The first-order valence-corrected chi connectivity index (χ1v) is 11.3. The lowest BCUT2D eigenvalue weighted by atomic mass is 9.99. The van der Waals surface area contributed by atoms with Gasteiger partial charge in [-0.25, -0.2) is 0 Å². The van der Waals surface area contributed by atoms with Crippen molar-refractivity contribution in [3.63, 3.8) is 0 Å². The summed E-state index contributed by atoms with van der Waals surface area (Å²) < 4.78 is 2.33. The van der Waals surface area contributed by atoms with Crippen LogP contribution in [0.3, 0.4) is 0 Å². The van der Waals surface area contributed by atoms with E-state index in [0.29, 0.717) is 5.92 Å². The summed E-state index contributed by atoms with van der Waals surface area (Å²) in [7, 11) is 0. The number of fused-ring (bicyclic) bond motifs is 1. The maximum absolute atomic E-state index is 4.93. The Morgan fingerprint density at radius 1 is 1.14 bits per heavy atom. The molecular formula is C23H34N6. The summed E-state index contributed by atoms with van der Waals surface area (Å²) in [4.78, 5) is 7.37. The van der Waals surface area contributed by atoms with E-state index < -0.39 is 0 Å². The summed E-state index contributed by atoms with van der Waals surface area (Å²) in [5.41, 5.74) is 1.44. The van der Waals surface area contributed by atoms with Crippen molar-refractivity contribution < 1.29 is 0 Å². The first kappa shape index (κ1) is 19.9. The average Bonchev–Trinajstić information content (AvgIpc) is 3.28. The molecule has 1 fully saturated rings. The molecule has 156 valence electrons. The van der Waals surface area contributed by atoms with Crippen LogP contribution in [0.25, 0.3) is 0 Å². The number of aliphatic imine (C=N–C) groups is 1. The highest BCUT2D eigenvalue weighted by molar-refractivity contribution is 5.80. The van der Waals surface area contributed by atoms with Gasteiger partial charge in [0, 0.05) is 45.6 Å². The Bertz CT molecular complexity index is 797. The average molecular weight is 395 g/mol. The van der Waals surface area contributed by atoms with E-state index in [1.807, 2.05) is 0 Å². The molecule has 0 amide bonds. The number of nitrogens with zero attached hydrogens (tertiary/aromatic N) is 5. The van der Waals surface area contributed by atoms with E-state index in [1.54, 1.807) is 0 Å². The quantitative estimate of drug-likeness (QED) is 0.604. The normalized spacial score (nSPS) is 19.8. The molecule has 2 aliphatic heterocycles. The van der Waals surface area contributed by atoms with Crippen LogP contribution in [0.4, 0.5) is 0 Å². The molecule has 6 nitrogen and oxygen atoms in total. The summed E-state index contributed by atoms with van der Waals surface area (Å²) >= 11 is 0. The Kier molecular flexibility index (Phi) is 6.80. The van der Waals surface area contributed by atoms with Gasteiger partial charge in [-0.3, -0.25) is 4.99 Å². The molecule has 1 unspecified atom stereocenters. The number of aromatic nitrogens is 3. The summed E-state index contributed by atoms with van der Waals surface area (Å²) in [6.07, 6.45) is 8.09. The van der Waals surface area contributed by atoms with E-state index in [-0.39, 0.29) is 0 Å². The Labute approximate surface area is 174 Å². The van der Waals surface area contributed by atoms with Crippen LogP contribution in [0.5, 0.6) is 0 Å². The second-order valence-electron chi connectivity index (χ2n) is 8.27. The molecule has 0 aliphatic carbocycles. The molecule has 2 aliphatic rings. The lowest BCUT2D eigenvalue weighted by molar-refractivity contribution is 0.460. The zero-order valence-electron chi connectivity index (χ0n) is 17.7. The highest BCUT2D eigenvalue weighted by atomic mass is 15.3. The third-order valence-electron chi connectivity index (χ3n) is 6.07. The summed E-state index contributed by atoms with van der Waals surface area (Å²) in [6, 6.07) is 10.8. The predicted octanol–water partition coefficient (Wildman–Crippen LogP) is 3.08. The Morgan fingerprint density at radius 2 is 2.03 bits per heavy atom. The monoisotopic (exact) mass is 394 g/mol. The van der Waals surface area contributed by atoms with Gasteiger partial charge in [0.1, 0.15) is 11.6 Å². The molecule has 0 bridgehead atoms. The van der Waals surface area contributed by atoms with Gasteiger partial charge in [0.25, 0.3) is 0 Å². The Balaban J connectivity index is 1.34. The zero-order valence-corrected chi connectivity index (χ0v) is 17.7. The topological polar surface area (TPSA) is 58.3 Å². The zero-order chi connectivity index (χ0) is 19.9. The highest BCUT2D eigenvalue weighted by Crippen LogP contribution is 2.21. The number of aryl methyl sites for hydroxylation is 1. The van der Waals surface area contributed by atoms with Crippen LogP contribution in [-0.4, -0.2) is 51.8 Å². The summed E-state index contributed by atoms with van der Waals surface area (Å²) in [5.74, 6) is 4.02. The van der Waals surface area contributed by atoms with Gasteiger partial charge in [-0.05, 0) is 44.1 Å². The minimum absolute atomic E-state index is 0.702. The van der Waals surface area contributed by atoms with Gasteiger partial charge in [0.2, 0.25) is 0 Å². The molecule has 1 N–H and O–H groups in total. The molecule has 2 aromatic rings. The van der Waals surface area contributed by atoms with Crippen molar-refractivity contribution in [3.05, 3.63) is 47.5 Å². The van der Waals surface area contributed by atoms with Gasteiger partial charge in [-0.1, -0.05) is 36.8 Å². The molecule has 1 atom stereocenters. The van der Waals surface area contributed by atoms with Crippen LogP contribution in [0.1, 0.15) is 49.8 Å². The molecule has 0 spiro atoms. The number of nitrogens with one attached hydrogen (secondary N) is 1. The molecule has 0 radical (unpaired) electrons. The minimum Gasteiger partial charge on any atom is -0.357 e. The van der Waals surface area contributed by atoms with E-state index in [1.165, 1.54) is 31.2 Å². The van der Waals surface area contributed by atoms with Crippen LogP contribution >= 0.6 is 0 Å². The Morgan fingerprint density at radius 3 is 2.90 bits per heavy atom. The molecule has 29 heavy (non-hydrogen) atoms.